The SMILES string of the molecule is OCCn1nc(C2CCCC2)nc1CN1CCCCCCC1. The summed E-state index contributed by atoms with van der Waals surface area (Å²) in [7, 11) is 0. The molecule has 0 aromatic carbocycles. The van der Waals surface area contributed by atoms with Crippen LogP contribution < -0.4 is 0 Å². The Morgan fingerprint density at radius 1 is 0.955 bits per heavy atom. The Labute approximate surface area is 133 Å². The first-order valence-electron chi connectivity index (χ1n) is 9.13. The van der Waals surface area contributed by atoms with Crippen molar-refractivity contribution in [3.05, 3.63) is 11.6 Å². The number of aromatic nitrogens is 3. The molecule has 1 aliphatic carbocycles. The summed E-state index contributed by atoms with van der Waals surface area (Å²) in [6.07, 6.45) is 11.8. The first-order valence-corrected chi connectivity index (χ1v) is 9.13. The van der Waals surface area contributed by atoms with E-state index in [0.29, 0.717) is 12.5 Å². The molecule has 1 aromatic heterocycles. The standard InChI is InChI=1S/C17H30N4O/c22-13-12-21-16(14-20-10-6-2-1-3-7-11-20)18-17(19-21)15-8-4-5-9-15/h15,22H,1-14H2. The highest BCUT2D eigenvalue weighted by molar-refractivity contribution is 5.02. The fourth-order valence-electron chi connectivity index (χ4n) is 3.81. The lowest BCUT2D eigenvalue weighted by Crippen LogP contribution is -2.28. The Bertz CT molecular complexity index is 446. The summed E-state index contributed by atoms with van der Waals surface area (Å²) < 4.78 is 1.95. The van der Waals surface area contributed by atoms with Gasteiger partial charge in [0.1, 0.15) is 5.82 Å². The van der Waals surface area contributed by atoms with Crippen molar-refractivity contribution in [2.24, 2.45) is 0 Å². The third-order valence-electron chi connectivity index (χ3n) is 5.11. The Balaban J connectivity index is 1.69. The largest absolute Gasteiger partial charge is 0.394 e. The van der Waals surface area contributed by atoms with Crippen LogP contribution in [0.15, 0.2) is 0 Å². The molecule has 0 spiro atoms. The van der Waals surface area contributed by atoms with Gasteiger partial charge in [0.25, 0.3) is 0 Å². The molecule has 0 amide bonds. The maximum Gasteiger partial charge on any atom is 0.154 e. The topological polar surface area (TPSA) is 54.2 Å². The van der Waals surface area contributed by atoms with E-state index in [1.807, 2.05) is 4.68 Å². The van der Waals surface area contributed by atoms with Crippen LogP contribution in [-0.4, -0.2) is 44.5 Å². The highest BCUT2D eigenvalue weighted by Crippen LogP contribution is 2.32. The van der Waals surface area contributed by atoms with Gasteiger partial charge in [0, 0.05) is 5.92 Å². The van der Waals surface area contributed by atoms with Gasteiger partial charge in [0.05, 0.1) is 19.7 Å². The van der Waals surface area contributed by atoms with Crippen molar-refractivity contribution in [1.82, 2.24) is 19.7 Å². The molecule has 1 aromatic rings. The van der Waals surface area contributed by atoms with Crippen LogP contribution in [-0.2, 0) is 13.1 Å². The van der Waals surface area contributed by atoms with Gasteiger partial charge in [-0.05, 0) is 38.8 Å². The fourth-order valence-corrected chi connectivity index (χ4v) is 3.81. The summed E-state index contributed by atoms with van der Waals surface area (Å²) in [5, 5.41) is 14.0. The van der Waals surface area contributed by atoms with Gasteiger partial charge in [-0.2, -0.15) is 5.10 Å². The second-order valence-electron chi connectivity index (χ2n) is 6.86. The van der Waals surface area contributed by atoms with Crippen molar-refractivity contribution in [2.75, 3.05) is 19.7 Å². The highest BCUT2D eigenvalue weighted by Gasteiger charge is 2.23. The molecule has 1 saturated heterocycles. The summed E-state index contributed by atoms with van der Waals surface area (Å²) in [6.45, 7) is 3.94. The van der Waals surface area contributed by atoms with E-state index >= 15 is 0 Å². The minimum Gasteiger partial charge on any atom is -0.394 e. The molecule has 5 heteroatoms. The Kier molecular flexibility index (Phi) is 5.84. The molecule has 2 fully saturated rings. The van der Waals surface area contributed by atoms with Crippen molar-refractivity contribution in [2.45, 2.75) is 76.8 Å². The minimum atomic E-state index is 0.139. The zero-order valence-corrected chi connectivity index (χ0v) is 13.7. The predicted molar refractivity (Wildman–Crippen MR) is 86.7 cm³/mol. The van der Waals surface area contributed by atoms with E-state index in [2.05, 4.69) is 4.90 Å². The van der Waals surface area contributed by atoms with Crippen LogP contribution in [0.3, 0.4) is 0 Å². The van der Waals surface area contributed by atoms with Crippen molar-refractivity contribution in [1.29, 1.82) is 0 Å². The van der Waals surface area contributed by atoms with Crippen molar-refractivity contribution in [3.8, 4) is 0 Å². The lowest BCUT2D eigenvalue weighted by Gasteiger charge is -2.23. The minimum absolute atomic E-state index is 0.139. The first kappa shape index (κ1) is 15.9. The number of likely N-dealkylation sites (tertiary alicyclic amines) is 1. The van der Waals surface area contributed by atoms with Gasteiger partial charge < -0.3 is 5.11 Å². The number of hydrogen-bond acceptors (Lipinski definition) is 4. The van der Waals surface area contributed by atoms with E-state index in [0.717, 1.165) is 18.2 Å². The van der Waals surface area contributed by atoms with Crippen LogP contribution in [0.2, 0.25) is 0 Å². The van der Waals surface area contributed by atoms with Gasteiger partial charge in [-0.25, -0.2) is 9.67 Å². The van der Waals surface area contributed by atoms with Gasteiger partial charge in [0.15, 0.2) is 5.82 Å². The third kappa shape index (κ3) is 4.07. The summed E-state index contributed by atoms with van der Waals surface area (Å²) >= 11 is 0. The zero-order valence-electron chi connectivity index (χ0n) is 13.7. The predicted octanol–water partition coefficient (Wildman–Crippen LogP) is 2.69. The van der Waals surface area contributed by atoms with Crippen molar-refractivity contribution >= 4 is 0 Å². The van der Waals surface area contributed by atoms with E-state index in [1.165, 1.54) is 70.9 Å². The van der Waals surface area contributed by atoms with Crippen LogP contribution in [0, 0.1) is 0 Å². The summed E-state index contributed by atoms with van der Waals surface area (Å²) in [5.41, 5.74) is 0. The molecule has 3 rings (SSSR count). The number of rotatable bonds is 5. The summed E-state index contributed by atoms with van der Waals surface area (Å²) in [6, 6.07) is 0. The maximum absolute atomic E-state index is 9.30. The van der Waals surface area contributed by atoms with Crippen LogP contribution >= 0.6 is 0 Å². The van der Waals surface area contributed by atoms with Gasteiger partial charge in [-0.15, -0.1) is 0 Å². The van der Waals surface area contributed by atoms with Gasteiger partial charge >= 0.3 is 0 Å². The molecule has 2 aliphatic rings. The molecule has 0 radical (unpaired) electrons. The summed E-state index contributed by atoms with van der Waals surface area (Å²) in [4.78, 5) is 7.38. The molecule has 2 heterocycles. The van der Waals surface area contributed by atoms with Crippen molar-refractivity contribution in [3.63, 3.8) is 0 Å². The van der Waals surface area contributed by atoms with Crippen molar-refractivity contribution < 1.29 is 5.11 Å². The molecule has 22 heavy (non-hydrogen) atoms. The molecule has 1 aliphatic heterocycles. The fraction of sp³-hybridized carbons (Fsp3) is 0.882. The second-order valence-corrected chi connectivity index (χ2v) is 6.86. The smallest absolute Gasteiger partial charge is 0.154 e. The molecule has 1 N–H and O–H groups in total. The van der Waals surface area contributed by atoms with E-state index in [9.17, 15) is 5.11 Å². The molecular weight excluding hydrogens is 276 g/mol. The molecule has 0 unspecified atom stereocenters. The van der Waals surface area contributed by atoms with E-state index in [1.54, 1.807) is 0 Å². The van der Waals surface area contributed by atoms with Crippen LogP contribution in [0.25, 0.3) is 0 Å². The number of aliphatic hydroxyl groups excluding tert-OH is 1. The Morgan fingerprint density at radius 2 is 1.64 bits per heavy atom. The van der Waals surface area contributed by atoms with E-state index < -0.39 is 0 Å². The molecule has 0 bridgehead atoms. The summed E-state index contributed by atoms with van der Waals surface area (Å²) in [5.74, 6) is 2.62. The Morgan fingerprint density at radius 3 is 2.32 bits per heavy atom. The lowest BCUT2D eigenvalue weighted by atomic mass is 10.1. The average Bonchev–Trinajstić information content (AvgIpc) is 3.12. The first-order chi connectivity index (χ1) is 10.9. The normalized spacial score (nSPS) is 21.9. The maximum atomic E-state index is 9.30. The van der Waals surface area contributed by atoms with E-state index in [-0.39, 0.29) is 6.61 Å². The lowest BCUT2D eigenvalue weighted by molar-refractivity contribution is 0.223. The van der Waals surface area contributed by atoms with E-state index in [4.69, 9.17) is 10.1 Å². The highest BCUT2D eigenvalue weighted by atomic mass is 16.3. The van der Waals surface area contributed by atoms with Gasteiger partial charge in [0.2, 0.25) is 0 Å². The average molecular weight is 306 g/mol. The van der Waals surface area contributed by atoms with Gasteiger partial charge in [-0.3, -0.25) is 4.90 Å². The number of aliphatic hydroxyl groups is 1. The Hall–Kier alpha value is -0.940. The van der Waals surface area contributed by atoms with Crippen LogP contribution in [0.4, 0.5) is 0 Å². The third-order valence-corrected chi connectivity index (χ3v) is 5.11. The quantitative estimate of drug-likeness (QED) is 0.909. The molecule has 1 saturated carbocycles. The number of nitrogens with zero attached hydrogens (tertiary/aromatic N) is 4. The second kappa shape index (κ2) is 8.06. The zero-order chi connectivity index (χ0) is 15.2. The molecular formula is C17H30N4O. The molecule has 5 nitrogen and oxygen atoms in total. The monoisotopic (exact) mass is 306 g/mol. The van der Waals surface area contributed by atoms with Crippen LogP contribution in [0.5, 0.6) is 0 Å². The molecule has 124 valence electrons. The van der Waals surface area contributed by atoms with Crippen LogP contribution in [0.1, 0.15) is 75.4 Å². The number of hydrogen-bond donors (Lipinski definition) is 1. The van der Waals surface area contributed by atoms with Gasteiger partial charge in [-0.1, -0.05) is 32.1 Å². The molecule has 0 atom stereocenters.